The van der Waals surface area contributed by atoms with Crippen molar-refractivity contribution in [1.29, 1.82) is 0 Å². The van der Waals surface area contributed by atoms with Crippen LogP contribution in [0.25, 0.3) is 0 Å². The summed E-state index contributed by atoms with van der Waals surface area (Å²) in [6.07, 6.45) is 4.70. The Morgan fingerprint density at radius 1 is 1.15 bits per heavy atom. The highest BCUT2D eigenvalue weighted by Crippen LogP contribution is 2.23. The number of hydrogen-bond donors (Lipinski definition) is 1. The van der Waals surface area contributed by atoms with Gasteiger partial charge in [-0.2, -0.15) is 18.4 Å². The van der Waals surface area contributed by atoms with E-state index in [4.69, 9.17) is 0 Å². The Morgan fingerprint density at radius 3 is 2.54 bits per heavy atom. The Kier molecular flexibility index (Phi) is 6.29. The van der Waals surface area contributed by atoms with Gasteiger partial charge >= 0.3 is 0 Å². The third-order valence-electron chi connectivity index (χ3n) is 4.51. The zero-order valence-corrected chi connectivity index (χ0v) is 17.1. The van der Waals surface area contributed by atoms with Crippen LogP contribution in [0.5, 0.6) is 0 Å². The molecule has 1 aromatic rings. The normalized spacial score (nSPS) is 21.4. The van der Waals surface area contributed by atoms with Crippen molar-refractivity contribution in [2.45, 2.75) is 11.3 Å². The summed E-state index contributed by atoms with van der Waals surface area (Å²) in [6, 6.07) is 8.25. The molecule has 1 N–H and O–H groups in total. The van der Waals surface area contributed by atoms with Gasteiger partial charge in [0.2, 0.25) is 0 Å². The topological polar surface area (TPSA) is 65.0 Å². The molecule has 1 heterocycles. The number of hydrazone groups is 1. The summed E-state index contributed by atoms with van der Waals surface area (Å²) in [5.74, 6) is 0. The summed E-state index contributed by atoms with van der Waals surface area (Å²) in [5, 5.41) is 4.16. The predicted molar refractivity (Wildman–Crippen MR) is 108 cm³/mol. The van der Waals surface area contributed by atoms with Crippen molar-refractivity contribution in [3.63, 3.8) is 0 Å². The molecule has 3 rings (SSSR count). The van der Waals surface area contributed by atoms with Crippen LogP contribution in [0.15, 0.2) is 62.5 Å². The molecule has 140 valence electrons. The molecular weight excluding hydrogens is 416 g/mol. The molecule has 1 aromatic carbocycles. The number of nitrogens with zero attached hydrogens (tertiary/aromatic N) is 3. The van der Waals surface area contributed by atoms with Gasteiger partial charge in [0, 0.05) is 43.6 Å². The lowest BCUT2D eigenvalue weighted by atomic mass is 10.0. The number of allylic oxidation sites excluding steroid dienone is 2. The van der Waals surface area contributed by atoms with Crippen LogP contribution in [0, 0.1) is 0 Å². The lowest BCUT2D eigenvalue weighted by molar-refractivity contribution is 0.164. The second kappa shape index (κ2) is 8.47. The standard InChI is InChI=1S/C18H23BrN4O2S/c1-22-10-12-23(13-11-22)14-15-6-5-9-17(18(15)19)20-21-26(24,25)16-7-3-2-4-8-16/h2-8,21H,9-14H2,1H3. The fraction of sp³-hybridized carbons (Fsp3) is 0.389. The van der Waals surface area contributed by atoms with Crippen molar-refractivity contribution in [3.05, 3.63) is 52.5 Å². The minimum absolute atomic E-state index is 0.202. The molecule has 0 spiro atoms. The van der Waals surface area contributed by atoms with E-state index in [2.05, 4.69) is 48.8 Å². The van der Waals surface area contributed by atoms with E-state index in [0.29, 0.717) is 12.1 Å². The van der Waals surface area contributed by atoms with Gasteiger partial charge in [0.15, 0.2) is 0 Å². The summed E-state index contributed by atoms with van der Waals surface area (Å²) in [7, 11) is -1.52. The third kappa shape index (κ3) is 4.82. The number of rotatable bonds is 5. The van der Waals surface area contributed by atoms with E-state index in [-0.39, 0.29) is 4.90 Å². The number of nitrogens with one attached hydrogen (secondary N) is 1. The van der Waals surface area contributed by atoms with Gasteiger partial charge in [-0.15, -0.1) is 0 Å². The van der Waals surface area contributed by atoms with E-state index in [9.17, 15) is 8.42 Å². The third-order valence-corrected chi connectivity index (χ3v) is 6.70. The Labute approximate surface area is 163 Å². The Bertz CT molecular complexity index is 826. The molecule has 0 amide bonds. The van der Waals surface area contributed by atoms with Gasteiger partial charge in [-0.1, -0.05) is 30.4 Å². The number of benzene rings is 1. The lowest BCUT2D eigenvalue weighted by Crippen LogP contribution is -2.45. The largest absolute Gasteiger partial charge is 0.304 e. The zero-order valence-electron chi connectivity index (χ0n) is 14.7. The molecule has 0 radical (unpaired) electrons. The van der Waals surface area contributed by atoms with Crippen molar-refractivity contribution >= 4 is 31.7 Å². The fourth-order valence-electron chi connectivity index (χ4n) is 2.89. The number of piperazine rings is 1. The summed E-state index contributed by atoms with van der Waals surface area (Å²) >= 11 is 3.61. The van der Waals surface area contributed by atoms with E-state index in [1.165, 1.54) is 0 Å². The molecule has 6 nitrogen and oxygen atoms in total. The number of hydrogen-bond acceptors (Lipinski definition) is 5. The quantitative estimate of drug-likeness (QED) is 0.715. The van der Waals surface area contributed by atoms with Crippen LogP contribution in [0.4, 0.5) is 0 Å². The molecule has 1 saturated heterocycles. The molecule has 0 saturated carbocycles. The fourth-order valence-corrected chi connectivity index (χ4v) is 4.25. The van der Waals surface area contributed by atoms with Crippen LogP contribution in [0.1, 0.15) is 6.42 Å². The van der Waals surface area contributed by atoms with Gasteiger partial charge in [0.05, 0.1) is 10.6 Å². The molecule has 0 unspecified atom stereocenters. The Hall–Kier alpha value is -1.48. The van der Waals surface area contributed by atoms with E-state index in [1.807, 2.05) is 6.08 Å². The van der Waals surface area contributed by atoms with Crippen LogP contribution >= 0.6 is 15.9 Å². The SMILES string of the molecule is CN1CCN(CC2=C(Br)C(=NNS(=O)(=O)c3ccccc3)CC=C2)CC1. The first kappa shape index (κ1) is 19.3. The Balaban J connectivity index is 1.71. The summed E-state index contributed by atoms with van der Waals surface area (Å²) in [5.41, 5.74) is 1.81. The highest BCUT2D eigenvalue weighted by molar-refractivity contribution is 9.12. The van der Waals surface area contributed by atoms with Crippen LogP contribution < -0.4 is 4.83 Å². The van der Waals surface area contributed by atoms with Gasteiger partial charge in [-0.25, -0.2) is 0 Å². The molecular formula is C18H23BrN4O2S. The maximum atomic E-state index is 12.3. The Morgan fingerprint density at radius 2 is 1.85 bits per heavy atom. The van der Waals surface area contributed by atoms with Crippen LogP contribution in [0.2, 0.25) is 0 Å². The first-order valence-corrected chi connectivity index (χ1v) is 10.8. The molecule has 0 atom stereocenters. The molecule has 2 aliphatic rings. The molecule has 8 heteroatoms. The average molecular weight is 439 g/mol. The van der Waals surface area contributed by atoms with E-state index in [0.717, 1.165) is 42.8 Å². The molecule has 1 fully saturated rings. The van der Waals surface area contributed by atoms with Gasteiger partial charge in [-0.05, 0) is 40.7 Å². The monoisotopic (exact) mass is 438 g/mol. The summed E-state index contributed by atoms with van der Waals surface area (Å²) < 4.78 is 25.5. The zero-order chi connectivity index (χ0) is 18.6. The lowest BCUT2D eigenvalue weighted by Gasteiger charge is -2.33. The van der Waals surface area contributed by atoms with Crippen LogP contribution in [-0.4, -0.2) is 63.7 Å². The average Bonchev–Trinajstić information content (AvgIpc) is 2.65. The number of halogens is 1. The highest BCUT2D eigenvalue weighted by atomic mass is 79.9. The van der Waals surface area contributed by atoms with Crippen molar-refractivity contribution in [2.75, 3.05) is 39.8 Å². The van der Waals surface area contributed by atoms with Gasteiger partial charge in [-0.3, -0.25) is 4.90 Å². The van der Waals surface area contributed by atoms with E-state index < -0.39 is 10.0 Å². The molecule has 1 aliphatic heterocycles. The molecule has 0 bridgehead atoms. The minimum atomic E-state index is -3.65. The molecule has 0 aromatic heterocycles. The van der Waals surface area contributed by atoms with Gasteiger partial charge in [0.25, 0.3) is 10.0 Å². The predicted octanol–water partition coefficient (Wildman–Crippen LogP) is 2.18. The van der Waals surface area contributed by atoms with Crippen molar-refractivity contribution in [1.82, 2.24) is 14.6 Å². The maximum Gasteiger partial charge on any atom is 0.276 e. The summed E-state index contributed by atoms with van der Waals surface area (Å²) in [6.45, 7) is 5.01. The van der Waals surface area contributed by atoms with Crippen molar-refractivity contribution in [3.8, 4) is 0 Å². The highest BCUT2D eigenvalue weighted by Gasteiger charge is 2.19. The smallest absolute Gasteiger partial charge is 0.276 e. The second-order valence-corrected chi connectivity index (χ2v) is 8.95. The van der Waals surface area contributed by atoms with E-state index >= 15 is 0 Å². The number of sulfonamides is 1. The number of likely N-dealkylation sites (N-methyl/N-ethyl adjacent to an activating group) is 1. The minimum Gasteiger partial charge on any atom is -0.304 e. The first-order chi connectivity index (χ1) is 12.5. The summed E-state index contributed by atoms with van der Waals surface area (Å²) in [4.78, 5) is 7.27. The maximum absolute atomic E-state index is 12.3. The second-order valence-electron chi connectivity index (χ2n) is 6.49. The molecule has 1 aliphatic carbocycles. The van der Waals surface area contributed by atoms with E-state index in [1.54, 1.807) is 30.3 Å². The van der Waals surface area contributed by atoms with Gasteiger partial charge < -0.3 is 4.90 Å². The first-order valence-electron chi connectivity index (χ1n) is 8.55. The molecule has 26 heavy (non-hydrogen) atoms. The van der Waals surface area contributed by atoms with Crippen molar-refractivity contribution < 1.29 is 8.42 Å². The van der Waals surface area contributed by atoms with Crippen LogP contribution in [-0.2, 0) is 10.0 Å². The van der Waals surface area contributed by atoms with Crippen LogP contribution in [0.3, 0.4) is 0 Å². The van der Waals surface area contributed by atoms with Gasteiger partial charge in [0.1, 0.15) is 0 Å². The van der Waals surface area contributed by atoms with Crippen molar-refractivity contribution in [2.24, 2.45) is 5.10 Å².